The number of carboxylic acid groups (broad SMARTS) is 1. The zero-order valence-corrected chi connectivity index (χ0v) is 10.7. The highest BCUT2D eigenvalue weighted by Crippen LogP contribution is 2.31. The molecule has 0 bridgehead atoms. The van der Waals surface area contributed by atoms with Gasteiger partial charge in [-0.1, -0.05) is 0 Å². The first-order valence-corrected chi connectivity index (χ1v) is 6.45. The van der Waals surface area contributed by atoms with Gasteiger partial charge in [-0.2, -0.15) is 0 Å². The van der Waals surface area contributed by atoms with E-state index in [-0.39, 0.29) is 11.9 Å². The van der Waals surface area contributed by atoms with Crippen molar-refractivity contribution in [2.45, 2.75) is 18.9 Å². The lowest BCUT2D eigenvalue weighted by molar-refractivity contribution is 0.139. The van der Waals surface area contributed by atoms with Gasteiger partial charge in [0.15, 0.2) is 0 Å². The van der Waals surface area contributed by atoms with Crippen LogP contribution in [0.3, 0.4) is 0 Å². The molecule has 2 heterocycles. The number of nitrogens with one attached hydrogen (secondary N) is 1. The molecule has 5 nitrogen and oxygen atoms in total. The van der Waals surface area contributed by atoms with E-state index in [1.165, 1.54) is 17.0 Å². The quantitative estimate of drug-likeness (QED) is 0.885. The fourth-order valence-corrected chi connectivity index (χ4v) is 2.56. The van der Waals surface area contributed by atoms with Gasteiger partial charge in [-0.3, -0.25) is 4.90 Å². The summed E-state index contributed by atoms with van der Waals surface area (Å²) in [5.41, 5.74) is 1.59. The zero-order chi connectivity index (χ0) is 14.1. The number of aromatic nitrogens is 2. The molecule has 0 radical (unpaired) electrons. The lowest BCUT2D eigenvalue weighted by Crippen LogP contribution is -2.29. The number of rotatable bonds is 2. The van der Waals surface area contributed by atoms with E-state index in [0.717, 1.165) is 24.1 Å². The number of halogens is 1. The molecule has 2 aromatic rings. The van der Waals surface area contributed by atoms with Crippen LogP contribution >= 0.6 is 0 Å². The third-order valence-corrected chi connectivity index (χ3v) is 3.56. The van der Waals surface area contributed by atoms with Gasteiger partial charge in [0.1, 0.15) is 11.6 Å². The molecule has 1 fully saturated rings. The lowest BCUT2D eigenvalue weighted by atomic mass is 10.2. The Hall–Kier alpha value is -2.37. The van der Waals surface area contributed by atoms with Gasteiger partial charge in [0.25, 0.3) is 0 Å². The Balaban J connectivity index is 1.86. The van der Waals surface area contributed by atoms with Gasteiger partial charge in [-0.05, 0) is 42.7 Å². The highest BCUT2D eigenvalue weighted by Gasteiger charge is 2.31. The van der Waals surface area contributed by atoms with Crippen molar-refractivity contribution in [2.24, 2.45) is 0 Å². The van der Waals surface area contributed by atoms with Gasteiger partial charge in [0, 0.05) is 6.54 Å². The maximum Gasteiger partial charge on any atom is 0.407 e. The van der Waals surface area contributed by atoms with Gasteiger partial charge >= 0.3 is 6.09 Å². The molecule has 0 spiro atoms. The Morgan fingerprint density at radius 1 is 1.40 bits per heavy atom. The van der Waals surface area contributed by atoms with Crippen LogP contribution in [0, 0.1) is 5.82 Å². The highest BCUT2D eigenvalue weighted by atomic mass is 19.1. The summed E-state index contributed by atoms with van der Waals surface area (Å²) in [7, 11) is 0. The smallest absolute Gasteiger partial charge is 0.407 e. The number of nitrogens with zero attached hydrogens (tertiary/aromatic N) is 2. The molecule has 1 unspecified atom stereocenters. The maximum atomic E-state index is 12.9. The van der Waals surface area contributed by atoms with E-state index >= 15 is 0 Å². The molecule has 1 aliphatic rings. The number of aromatic amines is 1. The Kier molecular flexibility index (Phi) is 3.14. The molecular weight excluding hydrogens is 261 g/mol. The second-order valence-corrected chi connectivity index (χ2v) is 4.82. The van der Waals surface area contributed by atoms with Crippen LogP contribution < -0.4 is 0 Å². The largest absolute Gasteiger partial charge is 0.465 e. The van der Waals surface area contributed by atoms with Crippen molar-refractivity contribution in [2.75, 3.05) is 6.54 Å². The molecule has 104 valence electrons. The molecule has 2 N–H and O–H groups in total. The van der Waals surface area contributed by atoms with Crippen LogP contribution in [0.4, 0.5) is 9.18 Å². The Morgan fingerprint density at radius 3 is 2.85 bits per heavy atom. The van der Waals surface area contributed by atoms with Crippen molar-refractivity contribution in [3.63, 3.8) is 0 Å². The van der Waals surface area contributed by atoms with Crippen molar-refractivity contribution in [3.8, 4) is 11.3 Å². The molecule has 1 amide bonds. The zero-order valence-electron chi connectivity index (χ0n) is 10.7. The van der Waals surface area contributed by atoms with E-state index in [4.69, 9.17) is 5.11 Å². The molecule has 1 aromatic heterocycles. The minimum atomic E-state index is -0.924. The average Bonchev–Trinajstić information content (AvgIpc) is 3.08. The summed E-state index contributed by atoms with van der Waals surface area (Å²) in [6.45, 7) is 0.534. The van der Waals surface area contributed by atoms with E-state index in [1.54, 1.807) is 18.3 Å². The predicted octanol–water partition coefficient (Wildman–Crippen LogP) is 3.03. The number of carbonyl (C=O) groups is 1. The van der Waals surface area contributed by atoms with E-state index in [1.807, 2.05) is 0 Å². The first kappa shape index (κ1) is 12.7. The molecule has 3 rings (SSSR count). The molecule has 1 aliphatic heterocycles. The SMILES string of the molecule is O=C(O)N1CCCC1c1ncc(-c2ccc(F)cc2)[nH]1. The molecule has 0 aliphatic carbocycles. The van der Waals surface area contributed by atoms with Crippen LogP contribution in [0.1, 0.15) is 24.7 Å². The second-order valence-electron chi connectivity index (χ2n) is 4.82. The van der Waals surface area contributed by atoms with Crippen molar-refractivity contribution < 1.29 is 14.3 Å². The fourth-order valence-electron chi connectivity index (χ4n) is 2.56. The molecule has 1 saturated heterocycles. The Morgan fingerprint density at radius 2 is 2.15 bits per heavy atom. The number of amides is 1. The van der Waals surface area contributed by atoms with E-state index in [2.05, 4.69) is 9.97 Å². The van der Waals surface area contributed by atoms with Crippen molar-refractivity contribution in [1.82, 2.24) is 14.9 Å². The summed E-state index contributed by atoms with van der Waals surface area (Å²) in [5, 5.41) is 9.14. The van der Waals surface area contributed by atoms with Gasteiger partial charge < -0.3 is 10.1 Å². The monoisotopic (exact) mass is 275 g/mol. The Bertz CT molecular complexity index is 624. The summed E-state index contributed by atoms with van der Waals surface area (Å²) in [6, 6.07) is 5.87. The van der Waals surface area contributed by atoms with Crippen molar-refractivity contribution in [1.29, 1.82) is 0 Å². The van der Waals surface area contributed by atoms with Gasteiger partial charge in [0.05, 0.1) is 17.9 Å². The molecule has 6 heteroatoms. The molecular formula is C14H14FN3O2. The first-order chi connectivity index (χ1) is 9.65. The Labute approximate surface area is 115 Å². The van der Waals surface area contributed by atoms with Crippen LogP contribution in [-0.4, -0.2) is 32.6 Å². The van der Waals surface area contributed by atoms with Crippen LogP contribution in [0.5, 0.6) is 0 Å². The standard InChI is InChI=1S/C14H14FN3O2/c15-10-5-3-9(4-6-10)11-8-16-13(17-11)12-2-1-7-18(12)14(19)20/h3-6,8,12H,1-2,7H2,(H,16,17)(H,19,20). The number of likely N-dealkylation sites (tertiary alicyclic amines) is 1. The summed E-state index contributed by atoms with van der Waals surface area (Å²) in [4.78, 5) is 20.0. The van der Waals surface area contributed by atoms with Crippen LogP contribution in [0.2, 0.25) is 0 Å². The molecule has 0 saturated carbocycles. The molecule has 1 aromatic carbocycles. The number of imidazole rings is 1. The maximum absolute atomic E-state index is 12.9. The van der Waals surface area contributed by atoms with Crippen LogP contribution in [0.15, 0.2) is 30.5 Å². The minimum absolute atomic E-state index is 0.221. The van der Waals surface area contributed by atoms with Crippen molar-refractivity contribution in [3.05, 3.63) is 42.1 Å². The average molecular weight is 275 g/mol. The van der Waals surface area contributed by atoms with Gasteiger partial charge in [0.2, 0.25) is 0 Å². The first-order valence-electron chi connectivity index (χ1n) is 6.45. The van der Waals surface area contributed by atoms with E-state index < -0.39 is 6.09 Å². The summed E-state index contributed by atoms with van der Waals surface area (Å²) >= 11 is 0. The topological polar surface area (TPSA) is 69.2 Å². The predicted molar refractivity (Wildman–Crippen MR) is 70.7 cm³/mol. The highest BCUT2D eigenvalue weighted by molar-refractivity contribution is 5.66. The number of H-pyrrole nitrogens is 1. The fraction of sp³-hybridized carbons (Fsp3) is 0.286. The number of hydrogen-bond donors (Lipinski definition) is 2. The van der Waals surface area contributed by atoms with Gasteiger partial charge in [-0.15, -0.1) is 0 Å². The summed E-state index contributed by atoms with van der Waals surface area (Å²) in [6.07, 6.45) is 2.33. The molecule has 20 heavy (non-hydrogen) atoms. The summed E-state index contributed by atoms with van der Waals surface area (Å²) < 4.78 is 12.9. The normalized spacial score (nSPS) is 18.4. The minimum Gasteiger partial charge on any atom is -0.465 e. The van der Waals surface area contributed by atoms with E-state index in [0.29, 0.717) is 12.4 Å². The van der Waals surface area contributed by atoms with Crippen molar-refractivity contribution >= 4 is 6.09 Å². The third kappa shape index (κ3) is 2.24. The van der Waals surface area contributed by atoms with E-state index in [9.17, 15) is 9.18 Å². The lowest BCUT2D eigenvalue weighted by Gasteiger charge is -2.19. The second kappa shape index (κ2) is 4.96. The summed E-state index contributed by atoms with van der Waals surface area (Å²) in [5.74, 6) is 0.352. The van der Waals surface area contributed by atoms with Gasteiger partial charge in [-0.25, -0.2) is 14.2 Å². The number of benzene rings is 1. The third-order valence-electron chi connectivity index (χ3n) is 3.56. The van der Waals surface area contributed by atoms with Crippen LogP contribution in [0.25, 0.3) is 11.3 Å². The van der Waals surface area contributed by atoms with Crippen LogP contribution in [-0.2, 0) is 0 Å². The number of hydrogen-bond acceptors (Lipinski definition) is 2. The molecule has 1 atom stereocenters.